The van der Waals surface area contributed by atoms with E-state index in [1.165, 1.54) is 16.8 Å². The Kier molecular flexibility index (Phi) is 4.32. The molecule has 0 aromatic carbocycles. The third-order valence-electron chi connectivity index (χ3n) is 3.60. The minimum atomic E-state index is 0.218. The topological polar surface area (TPSA) is 56.7 Å². The summed E-state index contributed by atoms with van der Waals surface area (Å²) in [4.78, 5) is 4.04. The lowest BCUT2D eigenvalue weighted by atomic mass is 10.0. The molecule has 1 atom stereocenters. The van der Waals surface area contributed by atoms with Gasteiger partial charge in [-0.3, -0.25) is 9.67 Å². The van der Waals surface area contributed by atoms with Gasteiger partial charge in [-0.25, -0.2) is 0 Å². The molecular formula is C15H22N4. The van der Waals surface area contributed by atoms with Crippen molar-refractivity contribution in [3.8, 4) is 0 Å². The smallest absolute Gasteiger partial charge is 0.0663 e. The van der Waals surface area contributed by atoms with Crippen molar-refractivity contribution in [1.29, 1.82) is 0 Å². The monoisotopic (exact) mass is 258 g/mol. The molecule has 0 aliphatic heterocycles. The van der Waals surface area contributed by atoms with Crippen molar-refractivity contribution in [1.82, 2.24) is 14.8 Å². The zero-order valence-electron chi connectivity index (χ0n) is 11.9. The van der Waals surface area contributed by atoms with Crippen LogP contribution in [0.1, 0.15) is 35.9 Å². The molecule has 0 saturated carbocycles. The largest absolute Gasteiger partial charge is 0.327 e. The Morgan fingerprint density at radius 3 is 2.58 bits per heavy atom. The fraction of sp³-hybridized carbons (Fsp3) is 0.467. The number of hydrogen-bond acceptors (Lipinski definition) is 3. The van der Waals surface area contributed by atoms with E-state index in [1.807, 2.05) is 24.5 Å². The molecule has 1 unspecified atom stereocenters. The summed E-state index contributed by atoms with van der Waals surface area (Å²) < 4.78 is 2.06. The van der Waals surface area contributed by atoms with E-state index in [2.05, 4.69) is 35.5 Å². The van der Waals surface area contributed by atoms with Crippen LogP contribution in [0.4, 0.5) is 0 Å². The van der Waals surface area contributed by atoms with Crippen molar-refractivity contribution in [2.45, 2.75) is 46.2 Å². The summed E-state index contributed by atoms with van der Waals surface area (Å²) in [7, 11) is 0. The summed E-state index contributed by atoms with van der Waals surface area (Å²) in [5.41, 5.74) is 10.9. The van der Waals surface area contributed by atoms with Gasteiger partial charge in [0.2, 0.25) is 0 Å². The highest BCUT2D eigenvalue weighted by Crippen LogP contribution is 2.16. The number of hydrogen-bond donors (Lipinski definition) is 1. The molecule has 2 heterocycles. The van der Waals surface area contributed by atoms with Crippen LogP contribution < -0.4 is 5.73 Å². The van der Waals surface area contributed by atoms with E-state index in [-0.39, 0.29) is 6.04 Å². The van der Waals surface area contributed by atoms with Gasteiger partial charge in [-0.15, -0.1) is 0 Å². The number of nitrogens with zero attached hydrogens (tertiary/aromatic N) is 3. The van der Waals surface area contributed by atoms with Crippen LogP contribution in [0.3, 0.4) is 0 Å². The lowest BCUT2D eigenvalue weighted by Crippen LogP contribution is -2.22. The minimum Gasteiger partial charge on any atom is -0.327 e. The number of rotatable bonds is 5. The normalized spacial score (nSPS) is 12.6. The van der Waals surface area contributed by atoms with Crippen LogP contribution in [0.2, 0.25) is 0 Å². The molecule has 4 nitrogen and oxygen atoms in total. The molecule has 0 amide bonds. The Bertz CT molecular complexity index is 531. The summed E-state index contributed by atoms with van der Waals surface area (Å²) in [6, 6.07) is 4.26. The van der Waals surface area contributed by atoms with E-state index < -0.39 is 0 Å². The predicted molar refractivity (Wildman–Crippen MR) is 77.0 cm³/mol. The van der Waals surface area contributed by atoms with Crippen molar-refractivity contribution in [3.05, 3.63) is 47.0 Å². The molecule has 0 aliphatic rings. The SMILES string of the molecule is CCC(N)Cc1c(C)nn(Cc2ccncc2)c1C. The van der Waals surface area contributed by atoms with Gasteiger partial charge in [0, 0.05) is 24.1 Å². The van der Waals surface area contributed by atoms with Gasteiger partial charge in [-0.1, -0.05) is 6.92 Å². The second kappa shape index (κ2) is 5.97. The van der Waals surface area contributed by atoms with E-state index in [1.54, 1.807) is 0 Å². The summed E-state index contributed by atoms with van der Waals surface area (Å²) in [6.07, 6.45) is 5.53. The zero-order valence-corrected chi connectivity index (χ0v) is 11.9. The molecule has 2 aromatic heterocycles. The highest BCUT2D eigenvalue weighted by molar-refractivity contribution is 5.26. The van der Waals surface area contributed by atoms with Gasteiger partial charge in [-0.2, -0.15) is 5.10 Å². The molecule has 0 fully saturated rings. The van der Waals surface area contributed by atoms with Crippen LogP contribution in [0.25, 0.3) is 0 Å². The average Bonchev–Trinajstić information content (AvgIpc) is 2.67. The Labute approximate surface area is 114 Å². The van der Waals surface area contributed by atoms with Gasteiger partial charge in [0.15, 0.2) is 0 Å². The molecule has 0 aliphatic carbocycles. The first-order valence-electron chi connectivity index (χ1n) is 6.79. The molecule has 0 bridgehead atoms. The van der Waals surface area contributed by atoms with Gasteiger partial charge in [0.1, 0.15) is 0 Å². The summed E-state index contributed by atoms with van der Waals surface area (Å²) in [6.45, 7) is 7.10. The van der Waals surface area contributed by atoms with Gasteiger partial charge < -0.3 is 5.73 Å². The quantitative estimate of drug-likeness (QED) is 0.894. The van der Waals surface area contributed by atoms with Crippen LogP contribution in [0.5, 0.6) is 0 Å². The molecule has 0 spiro atoms. The molecule has 2 aromatic rings. The zero-order chi connectivity index (χ0) is 13.8. The second-order valence-corrected chi connectivity index (χ2v) is 5.03. The third kappa shape index (κ3) is 3.20. The minimum absolute atomic E-state index is 0.218. The summed E-state index contributed by atoms with van der Waals surface area (Å²) in [5, 5.41) is 4.63. The van der Waals surface area contributed by atoms with Crippen LogP contribution >= 0.6 is 0 Å². The maximum Gasteiger partial charge on any atom is 0.0663 e. The van der Waals surface area contributed by atoms with Crippen LogP contribution in [-0.2, 0) is 13.0 Å². The number of nitrogens with two attached hydrogens (primary N) is 1. The lowest BCUT2D eigenvalue weighted by molar-refractivity contribution is 0.635. The van der Waals surface area contributed by atoms with Gasteiger partial charge in [0.05, 0.1) is 12.2 Å². The van der Waals surface area contributed by atoms with E-state index in [0.717, 1.165) is 25.1 Å². The van der Waals surface area contributed by atoms with E-state index in [0.29, 0.717) is 0 Å². The third-order valence-corrected chi connectivity index (χ3v) is 3.60. The molecule has 0 saturated heterocycles. The summed E-state index contributed by atoms with van der Waals surface area (Å²) >= 11 is 0. The molecule has 102 valence electrons. The first kappa shape index (κ1) is 13.7. The van der Waals surface area contributed by atoms with Crippen LogP contribution in [0, 0.1) is 13.8 Å². The van der Waals surface area contributed by atoms with E-state index in [9.17, 15) is 0 Å². The predicted octanol–water partition coefficient (Wildman–Crippen LogP) is 2.22. The Morgan fingerprint density at radius 1 is 1.26 bits per heavy atom. The first-order valence-corrected chi connectivity index (χ1v) is 6.79. The molecule has 2 N–H and O–H groups in total. The van der Waals surface area contributed by atoms with Crippen molar-refractivity contribution in [3.63, 3.8) is 0 Å². The van der Waals surface area contributed by atoms with Gasteiger partial charge >= 0.3 is 0 Å². The van der Waals surface area contributed by atoms with Crippen LogP contribution in [-0.4, -0.2) is 20.8 Å². The van der Waals surface area contributed by atoms with Crippen molar-refractivity contribution in [2.75, 3.05) is 0 Å². The van der Waals surface area contributed by atoms with Crippen molar-refractivity contribution in [2.24, 2.45) is 5.73 Å². The van der Waals surface area contributed by atoms with Crippen molar-refractivity contribution >= 4 is 0 Å². The Morgan fingerprint density at radius 2 is 1.95 bits per heavy atom. The maximum atomic E-state index is 6.06. The molecular weight excluding hydrogens is 236 g/mol. The molecule has 0 radical (unpaired) electrons. The molecule has 4 heteroatoms. The summed E-state index contributed by atoms with van der Waals surface area (Å²) in [5.74, 6) is 0. The van der Waals surface area contributed by atoms with Gasteiger partial charge in [0.25, 0.3) is 0 Å². The number of aryl methyl sites for hydroxylation is 1. The van der Waals surface area contributed by atoms with E-state index >= 15 is 0 Å². The van der Waals surface area contributed by atoms with Crippen molar-refractivity contribution < 1.29 is 0 Å². The molecule has 2 rings (SSSR count). The molecule has 19 heavy (non-hydrogen) atoms. The van der Waals surface area contributed by atoms with E-state index in [4.69, 9.17) is 5.73 Å². The Hall–Kier alpha value is -1.68. The number of pyridine rings is 1. The lowest BCUT2D eigenvalue weighted by Gasteiger charge is -2.09. The highest BCUT2D eigenvalue weighted by atomic mass is 15.3. The number of aromatic nitrogens is 3. The fourth-order valence-electron chi connectivity index (χ4n) is 2.25. The average molecular weight is 258 g/mol. The van der Waals surface area contributed by atoms with Crippen LogP contribution in [0.15, 0.2) is 24.5 Å². The Balaban J connectivity index is 2.21. The fourth-order valence-corrected chi connectivity index (χ4v) is 2.25. The van der Waals surface area contributed by atoms with Gasteiger partial charge in [-0.05, 0) is 49.9 Å². The standard InChI is InChI=1S/C15H22N4/c1-4-14(16)9-15-11(2)18-19(12(15)3)10-13-5-7-17-8-6-13/h5-8,14H,4,9-10,16H2,1-3H3. The second-order valence-electron chi connectivity index (χ2n) is 5.03. The first-order chi connectivity index (χ1) is 9.11. The maximum absolute atomic E-state index is 6.06. The highest BCUT2D eigenvalue weighted by Gasteiger charge is 2.14.